The highest BCUT2D eigenvalue weighted by atomic mass is 35.5. The zero-order valence-corrected chi connectivity index (χ0v) is 20.0. The summed E-state index contributed by atoms with van der Waals surface area (Å²) < 4.78 is 7.71. The summed E-state index contributed by atoms with van der Waals surface area (Å²) >= 11 is 12.3. The number of anilines is 1. The predicted molar refractivity (Wildman–Crippen MR) is 130 cm³/mol. The van der Waals surface area contributed by atoms with Gasteiger partial charge in [0.1, 0.15) is 5.75 Å². The summed E-state index contributed by atoms with van der Waals surface area (Å²) in [5.41, 5.74) is 5.55. The van der Waals surface area contributed by atoms with Crippen molar-refractivity contribution in [2.45, 2.75) is 45.8 Å². The van der Waals surface area contributed by atoms with E-state index in [1.807, 2.05) is 42.6 Å². The van der Waals surface area contributed by atoms with Crippen LogP contribution in [0.2, 0.25) is 5.02 Å². The molecule has 5 nitrogen and oxygen atoms in total. The molecule has 1 aliphatic heterocycles. The minimum atomic E-state index is -0.0873. The predicted octanol–water partition coefficient (Wildman–Crippen LogP) is 5.92. The number of hydrogen-bond donors (Lipinski definition) is 1. The molecular weight excluding hydrogens is 428 g/mol. The number of hydrogen-bond acceptors (Lipinski definition) is 3. The van der Waals surface area contributed by atoms with E-state index in [-0.39, 0.29) is 12.1 Å². The number of ether oxygens (including phenoxy) is 1. The second-order valence-corrected chi connectivity index (χ2v) is 8.90. The third-order valence-corrected chi connectivity index (χ3v) is 6.48. The van der Waals surface area contributed by atoms with E-state index in [9.17, 15) is 0 Å². The van der Waals surface area contributed by atoms with E-state index in [0.717, 1.165) is 11.4 Å². The van der Waals surface area contributed by atoms with Crippen LogP contribution in [0, 0.1) is 13.8 Å². The Morgan fingerprint density at radius 1 is 1.16 bits per heavy atom. The van der Waals surface area contributed by atoms with Gasteiger partial charge >= 0.3 is 0 Å². The van der Waals surface area contributed by atoms with Crippen molar-refractivity contribution in [3.63, 3.8) is 0 Å². The number of pyridine rings is 1. The van der Waals surface area contributed by atoms with Crippen LogP contribution in [0.25, 0.3) is 0 Å². The van der Waals surface area contributed by atoms with Gasteiger partial charge in [0.2, 0.25) is 0 Å². The number of aromatic nitrogens is 2. The molecule has 1 fully saturated rings. The van der Waals surface area contributed by atoms with E-state index < -0.39 is 0 Å². The van der Waals surface area contributed by atoms with Crippen LogP contribution in [0.15, 0.2) is 48.7 Å². The number of benzene rings is 1. The van der Waals surface area contributed by atoms with Gasteiger partial charge in [-0.15, -0.1) is 0 Å². The van der Waals surface area contributed by atoms with Gasteiger partial charge in [-0.2, -0.15) is 0 Å². The molecule has 31 heavy (non-hydrogen) atoms. The van der Waals surface area contributed by atoms with Crippen molar-refractivity contribution in [1.29, 1.82) is 0 Å². The molecule has 0 aliphatic carbocycles. The van der Waals surface area contributed by atoms with Crippen molar-refractivity contribution in [3.05, 3.63) is 76.3 Å². The smallest absolute Gasteiger partial charge is 0.174 e. The molecule has 2 atom stereocenters. The van der Waals surface area contributed by atoms with Crippen molar-refractivity contribution in [1.82, 2.24) is 14.9 Å². The summed E-state index contributed by atoms with van der Waals surface area (Å²) in [5.74, 6) is 0.638. The Balaban J connectivity index is 1.89. The number of rotatable bonds is 5. The maximum atomic E-state index is 6.47. The average Bonchev–Trinajstić information content (AvgIpc) is 3.24. The highest BCUT2D eigenvalue weighted by Gasteiger charge is 2.42. The van der Waals surface area contributed by atoms with Gasteiger partial charge in [-0.05, 0) is 81.9 Å². The first-order valence-electron chi connectivity index (χ1n) is 10.4. The second-order valence-electron chi connectivity index (χ2n) is 8.11. The van der Waals surface area contributed by atoms with Crippen LogP contribution < -0.4 is 15.0 Å². The number of methoxy groups -OCH3 is 1. The van der Waals surface area contributed by atoms with E-state index in [0.29, 0.717) is 21.9 Å². The van der Waals surface area contributed by atoms with Gasteiger partial charge in [-0.25, -0.2) is 0 Å². The van der Waals surface area contributed by atoms with Crippen LogP contribution >= 0.6 is 23.8 Å². The highest BCUT2D eigenvalue weighted by Crippen LogP contribution is 2.44. The number of halogens is 1. The fourth-order valence-corrected chi connectivity index (χ4v) is 5.25. The Hall–Kier alpha value is -2.57. The molecule has 7 heteroatoms. The summed E-state index contributed by atoms with van der Waals surface area (Å²) in [6.07, 6.45) is 1.82. The summed E-state index contributed by atoms with van der Waals surface area (Å²) in [6.45, 7) is 8.75. The molecule has 2 aromatic heterocycles. The Labute approximate surface area is 194 Å². The topological polar surface area (TPSA) is 42.3 Å². The van der Waals surface area contributed by atoms with Crippen LogP contribution in [0.1, 0.15) is 54.6 Å². The Bertz CT molecular complexity index is 1110. The van der Waals surface area contributed by atoms with Crippen molar-refractivity contribution in [2.24, 2.45) is 0 Å². The minimum absolute atomic E-state index is 0.0643. The van der Waals surface area contributed by atoms with E-state index in [2.05, 4.69) is 53.5 Å². The van der Waals surface area contributed by atoms with Crippen LogP contribution in [0.4, 0.5) is 5.69 Å². The number of nitrogens with zero attached hydrogens (tertiary/aromatic N) is 3. The van der Waals surface area contributed by atoms with E-state index in [4.69, 9.17) is 28.6 Å². The largest absolute Gasteiger partial charge is 0.495 e. The summed E-state index contributed by atoms with van der Waals surface area (Å²) in [5, 5.41) is 4.71. The lowest BCUT2D eigenvalue weighted by atomic mass is 9.96. The fourth-order valence-electron chi connectivity index (χ4n) is 4.65. The first kappa shape index (κ1) is 21.7. The quantitative estimate of drug-likeness (QED) is 0.484. The summed E-state index contributed by atoms with van der Waals surface area (Å²) in [7, 11) is 1.61. The normalized spacial score (nSPS) is 18.5. The molecule has 0 amide bonds. The third kappa shape index (κ3) is 3.79. The standard InChI is InChI=1S/C24H27ClN4OS/c1-14(2)28-15(3)12-18(16(28)4)23-22(20-8-6-7-11-26-20)27-24(31)29(23)17-9-10-21(30-5)19(25)13-17/h6-14,22-23H,1-5H3,(H,27,31). The molecule has 1 saturated heterocycles. The molecule has 1 aliphatic rings. The van der Waals surface area contributed by atoms with Gasteiger partial charge in [0, 0.05) is 29.3 Å². The zero-order valence-electron chi connectivity index (χ0n) is 18.4. The minimum Gasteiger partial charge on any atom is -0.495 e. The van der Waals surface area contributed by atoms with E-state index in [1.165, 1.54) is 17.0 Å². The second kappa shape index (κ2) is 8.52. The fraction of sp³-hybridized carbons (Fsp3) is 0.333. The number of thiocarbonyl (C=S) groups is 1. The molecule has 3 heterocycles. The van der Waals surface area contributed by atoms with Crippen molar-refractivity contribution in [3.8, 4) is 5.75 Å². The lowest BCUT2D eigenvalue weighted by Crippen LogP contribution is -2.29. The van der Waals surface area contributed by atoms with E-state index >= 15 is 0 Å². The first-order chi connectivity index (χ1) is 14.8. The SMILES string of the molecule is COc1ccc(N2C(=S)NC(c3ccccn3)C2c2cc(C)n(C(C)C)c2C)cc1Cl. The van der Waals surface area contributed by atoms with Crippen LogP contribution in [0.3, 0.4) is 0 Å². The maximum absolute atomic E-state index is 6.47. The molecule has 4 rings (SSSR count). The van der Waals surface area contributed by atoms with Gasteiger partial charge in [-0.1, -0.05) is 17.7 Å². The molecule has 3 aromatic rings. The highest BCUT2D eigenvalue weighted by molar-refractivity contribution is 7.80. The van der Waals surface area contributed by atoms with E-state index in [1.54, 1.807) is 7.11 Å². The number of nitrogens with one attached hydrogen (secondary N) is 1. The van der Waals surface area contributed by atoms with Gasteiger partial charge < -0.3 is 19.5 Å². The molecule has 0 spiro atoms. The first-order valence-corrected chi connectivity index (χ1v) is 11.1. The third-order valence-electron chi connectivity index (χ3n) is 5.87. The van der Waals surface area contributed by atoms with Gasteiger partial charge in [0.15, 0.2) is 5.11 Å². The van der Waals surface area contributed by atoms with Crippen LogP contribution in [-0.2, 0) is 0 Å². The molecular formula is C24H27ClN4OS. The molecule has 162 valence electrons. The Morgan fingerprint density at radius 2 is 1.94 bits per heavy atom. The van der Waals surface area contributed by atoms with Crippen LogP contribution in [-0.4, -0.2) is 21.8 Å². The van der Waals surface area contributed by atoms with Crippen molar-refractivity contribution in [2.75, 3.05) is 12.0 Å². The molecule has 1 N–H and O–H groups in total. The molecule has 0 radical (unpaired) electrons. The van der Waals surface area contributed by atoms with Gasteiger partial charge in [0.05, 0.1) is 29.9 Å². The van der Waals surface area contributed by atoms with Gasteiger partial charge in [0.25, 0.3) is 0 Å². The zero-order chi connectivity index (χ0) is 22.3. The maximum Gasteiger partial charge on any atom is 0.174 e. The van der Waals surface area contributed by atoms with Crippen molar-refractivity contribution < 1.29 is 4.74 Å². The van der Waals surface area contributed by atoms with Gasteiger partial charge in [-0.3, -0.25) is 4.98 Å². The summed E-state index contributed by atoms with van der Waals surface area (Å²) in [6, 6.07) is 14.2. The monoisotopic (exact) mass is 454 g/mol. The summed E-state index contributed by atoms with van der Waals surface area (Å²) in [4.78, 5) is 6.78. The lowest BCUT2D eigenvalue weighted by Gasteiger charge is -2.28. The molecule has 0 bridgehead atoms. The van der Waals surface area contributed by atoms with Crippen molar-refractivity contribution >= 4 is 34.6 Å². The average molecular weight is 455 g/mol. The Morgan fingerprint density at radius 3 is 2.52 bits per heavy atom. The molecule has 0 saturated carbocycles. The Kier molecular flexibility index (Phi) is 5.95. The number of aryl methyl sites for hydroxylation is 1. The molecule has 2 unspecified atom stereocenters. The molecule has 1 aromatic carbocycles. The lowest BCUT2D eigenvalue weighted by molar-refractivity contribution is 0.415. The van der Waals surface area contributed by atoms with Crippen LogP contribution in [0.5, 0.6) is 5.75 Å².